The maximum atomic E-state index is 13.2. The van der Waals surface area contributed by atoms with Crippen LogP contribution < -0.4 is 10.2 Å². The predicted molar refractivity (Wildman–Crippen MR) is 117 cm³/mol. The minimum absolute atomic E-state index is 0.0596. The first kappa shape index (κ1) is 21.9. The van der Waals surface area contributed by atoms with Crippen molar-refractivity contribution in [1.29, 1.82) is 0 Å². The summed E-state index contributed by atoms with van der Waals surface area (Å²) >= 11 is 0. The van der Waals surface area contributed by atoms with Crippen LogP contribution in [0.25, 0.3) is 11.0 Å². The van der Waals surface area contributed by atoms with Crippen LogP contribution in [0.2, 0.25) is 0 Å². The van der Waals surface area contributed by atoms with E-state index in [1.54, 1.807) is 38.1 Å². The van der Waals surface area contributed by atoms with Gasteiger partial charge in [0, 0.05) is 19.6 Å². The number of nitrogens with zero attached hydrogens (tertiary/aromatic N) is 1. The van der Waals surface area contributed by atoms with Crippen LogP contribution in [-0.2, 0) is 16.0 Å². The smallest absolute Gasteiger partial charge is 0.338 e. The molecule has 0 radical (unpaired) electrons. The number of carbonyl (C=O) groups excluding carboxylic acids is 1. The Balaban J connectivity index is 1.66. The van der Waals surface area contributed by atoms with Gasteiger partial charge in [-0.1, -0.05) is 0 Å². The SMILES string of the molecule is CCOC(=O)c1ccc(Oc2c(C)oc3c(CN4CCOCC4)c(O)ccc3c2=O)cc1. The number of ether oxygens (including phenoxy) is 3. The van der Waals surface area contributed by atoms with E-state index in [1.165, 1.54) is 12.1 Å². The summed E-state index contributed by atoms with van der Waals surface area (Å²) in [5, 5.41) is 10.8. The number of aromatic hydroxyl groups is 1. The normalized spacial score (nSPS) is 14.4. The maximum Gasteiger partial charge on any atom is 0.338 e. The number of esters is 1. The van der Waals surface area contributed by atoms with E-state index < -0.39 is 5.97 Å². The van der Waals surface area contributed by atoms with Crippen molar-refractivity contribution in [3.8, 4) is 17.2 Å². The van der Waals surface area contributed by atoms with Gasteiger partial charge >= 0.3 is 5.97 Å². The molecule has 1 fully saturated rings. The summed E-state index contributed by atoms with van der Waals surface area (Å²) in [6.07, 6.45) is 0. The van der Waals surface area contributed by atoms with E-state index in [1.807, 2.05) is 0 Å². The van der Waals surface area contributed by atoms with Crippen molar-refractivity contribution in [2.45, 2.75) is 20.4 Å². The van der Waals surface area contributed by atoms with Gasteiger partial charge in [-0.15, -0.1) is 0 Å². The van der Waals surface area contributed by atoms with Crippen LogP contribution in [0.15, 0.2) is 45.6 Å². The standard InChI is InChI=1S/C24H25NO7/c1-3-30-24(28)16-4-6-17(7-5-16)32-22-15(2)31-23-18(21(22)27)8-9-20(26)19(23)14-25-10-12-29-13-11-25/h4-9,26H,3,10-14H2,1-2H3. The molecule has 2 aromatic carbocycles. The monoisotopic (exact) mass is 439 g/mol. The van der Waals surface area contributed by atoms with Gasteiger partial charge in [-0.25, -0.2) is 4.79 Å². The average Bonchev–Trinajstić information content (AvgIpc) is 2.80. The van der Waals surface area contributed by atoms with Crippen LogP contribution >= 0.6 is 0 Å². The van der Waals surface area contributed by atoms with Gasteiger partial charge in [0.25, 0.3) is 0 Å². The number of carbonyl (C=O) groups is 1. The molecule has 1 aliphatic heterocycles. The van der Waals surface area contributed by atoms with Gasteiger partial charge in [0.2, 0.25) is 11.2 Å². The zero-order valence-corrected chi connectivity index (χ0v) is 18.1. The third-order valence-electron chi connectivity index (χ3n) is 5.33. The highest BCUT2D eigenvalue weighted by Gasteiger charge is 2.21. The molecule has 4 rings (SSSR count). The number of aryl methyl sites for hydroxylation is 1. The van der Waals surface area contributed by atoms with Gasteiger partial charge in [0.15, 0.2) is 0 Å². The molecule has 1 N–H and O–H groups in total. The lowest BCUT2D eigenvalue weighted by molar-refractivity contribution is 0.0339. The molecule has 8 heteroatoms. The lowest BCUT2D eigenvalue weighted by Crippen LogP contribution is -2.35. The van der Waals surface area contributed by atoms with Crippen molar-refractivity contribution in [3.63, 3.8) is 0 Å². The van der Waals surface area contributed by atoms with Crippen molar-refractivity contribution < 1.29 is 28.5 Å². The summed E-state index contributed by atoms with van der Waals surface area (Å²) in [6.45, 7) is 6.85. The molecular weight excluding hydrogens is 414 g/mol. The molecule has 0 unspecified atom stereocenters. The quantitative estimate of drug-likeness (QED) is 0.582. The molecule has 1 aliphatic rings. The Morgan fingerprint density at radius 3 is 2.53 bits per heavy atom. The van der Waals surface area contributed by atoms with Crippen LogP contribution in [0.3, 0.4) is 0 Å². The highest BCUT2D eigenvalue weighted by molar-refractivity contribution is 5.89. The molecule has 2 heterocycles. The van der Waals surface area contributed by atoms with Gasteiger partial charge in [-0.2, -0.15) is 0 Å². The largest absolute Gasteiger partial charge is 0.507 e. The number of benzene rings is 2. The molecule has 1 saturated heterocycles. The van der Waals surface area contributed by atoms with E-state index in [2.05, 4.69) is 4.90 Å². The van der Waals surface area contributed by atoms with Gasteiger partial charge < -0.3 is 23.7 Å². The van der Waals surface area contributed by atoms with Crippen LogP contribution in [-0.4, -0.2) is 48.9 Å². The third kappa shape index (κ3) is 4.46. The molecule has 0 atom stereocenters. The fraction of sp³-hybridized carbons (Fsp3) is 0.333. The number of morpholine rings is 1. The third-order valence-corrected chi connectivity index (χ3v) is 5.33. The molecule has 3 aromatic rings. The van der Waals surface area contributed by atoms with Crippen molar-refractivity contribution in [1.82, 2.24) is 4.90 Å². The summed E-state index contributed by atoms with van der Waals surface area (Å²) < 4.78 is 22.1. The number of phenolic OH excluding ortho intramolecular Hbond substituents is 1. The van der Waals surface area contributed by atoms with Gasteiger partial charge in [0.1, 0.15) is 22.8 Å². The lowest BCUT2D eigenvalue weighted by Gasteiger charge is -2.27. The Hall–Kier alpha value is -3.36. The van der Waals surface area contributed by atoms with Gasteiger partial charge in [-0.3, -0.25) is 9.69 Å². The Bertz CT molecular complexity index is 1180. The molecule has 168 valence electrons. The minimum Gasteiger partial charge on any atom is -0.507 e. The molecule has 32 heavy (non-hydrogen) atoms. The summed E-state index contributed by atoms with van der Waals surface area (Å²) in [7, 11) is 0. The Morgan fingerprint density at radius 1 is 1.12 bits per heavy atom. The summed E-state index contributed by atoms with van der Waals surface area (Å²) in [5.74, 6) is 0.401. The van der Waals surface area contributed by atoms with Crippen molar-refractivity contribution in [2.24, 2.45) is 0 Å². The predicted octanol–water partition coefficient (Wildman–Crippen LogP) is 3.61. The van der Waals surface area contributed by atoms with E-state index in [-0.39, 0.29) is 23.5 Å². The first-order valence-electron chi connectivity index (χ1n) is 10.5. The number of hydrogen-bond donors (Lipinski definition) is 1. The minimum atomic E-state index is -0.423. The maximum absolute atomic E-state index is 13.2. The lowest BCUT2D eigenvalue weighted by atomic mass is 10.1. The zero-order valence-electron chi connectivity index (χ0n) is 18.1. The second-order valence-corrected chi connectivity index (χ2v) is 7.49. The number of phenols is 1. The van der Waals surface area contributed by atoms with Crippen LogP contribution in [0.5, 0.6) is 17.2 Å². The Labute approximate surface area is 184 Å². The topological polar surface area (TPSA) is 98.4 Å². The molecule has 0 saturated carbocycles. The van der Waals surface area contributed by atoms with E-state index in [0.717, 1.165) is 13.1 Å². The molecule has 1 aromatic heterocycles. The summed E-state index contributed by atoms with van der Waals surface area (Å²) in [6, 6.07) is 9.37. The van der Waals surface area contributed by atoms with Crippen LogP contribution in [0.1, 0.15) is 28.6 Å². The fourth-order valence-corrected chi connectivity index (χ4v) is 3.64. The van der Waals surface area contributed by atoms with Gasteiger partial charge in [-0.05, 0) is 50.2 Å². The summed E-state index contributed by atoms with van der Waals surface area (Å²) in [4.78, 5) is 27.1. The van der Waals surface area contributed by atoms with E-state index >= 15 is 0 Å². The van der Waals surface area contributed by atoms with Crippen LogP contribution in [0, 0.1) is 6.92 Å². The number of hydrogen-bond acceptors (Lipinski definition) is 8. The molecule has 0 bridgehead atoms. The van der Waals surface area contributed by atoms with Crippen molar-refractivity contribution in [3.05, 3.63) is 63.5 Å². The molecule has 0 aliphatic carbocycles. The van der Waals surface area contributed by atoms with Crippen molar-refractivity contribution in [2.75, 3.05) is 32.9 Å². The molecule has 0 amide bonds. The van der Waals surface area contributed by atoms with Crippen molar-refractivity contribution >= 4 is 16.9 Å². The van der Waals surface area contributed by atoms with E-state index in [0.29, 0.717) is 53.4 Å². The number of fused-ring (bicyclic) bond motifs is 1. The first-order valence-corrected chi connectivity index (χ1v) is 10.5. The van der Waals surface area contributed by atoms with E-state index in [4.69, 9.17) is 18.6 Å². The first-order chi connectivity index (χ1) is 15.5. The van der Waals surface area contributed by atoms with Gasteiger partial charge in [0.05, 0.1) is 36.3 Å². The Kier molecular flexibility index (Phi) is 6.43. The highest BCUT2D eigenvalue weighted by Crippen LogP contribution is 2.32. The van der Waals surface area contributed by atoms with Crippen LogP contribution in [0.4, 0.5) is 0 Å². The van der Waals surface area contributed by atoms with E-state index in [9.17, 15) is 14.7 Å². The summed E-state index contributed by atoms with van der Waals surface area (Å²) in [5.41, 5.74) is 0.977. The average molecular weight is 439 g/mol. The fourth-order valence-electron chi connectivity index (χ4n) is 3.64. The molecule has 8 nitrogen and oxygen atoms in total. The zero-order chi connectivity index (χ0) is 22.7. The highest BCUT2D eigenvalue weighted by atomic mass is 16.5. The second-order valence-electron chi connectivity index (χ2n) is 7.49. The Morgan fingerprint density at radius 2 is 1.84 bits per heavy atom. The second kappa shape index (κ2) is 9.42. The number of rotatable bonds is 6. The molecular formula is C24H25NO7. The molecule has 0 spiro atoms.